The zero-order valence-electron chi connectivity index (χ0n) is 43.7. The first kappa shape index (κ1) is 57.8. The van der Waals surface area contributed by atoms with Crippen LogP contribution in [0.2, 0.25) is 15.1 Å². The van der Waals surface area contributed by atoms with Gasteiger partial charge in [-0.1, -0.05) is 138 Å². The summed E-state index contributed by atoms with van der Waals surface area (Å²) in [5.74, 6) is -1.37. The van der Waals surface area contributed by atoms with Crippen molar-refractivity contribution in [1.82, 2.24) is 29.9 Å². The molecule has 0 bridgehead atoms. The monoisotopic (exact) mass is 1230 g/mol. The number of nitrogens with zero attached hydrogens (tertiary/aromatic N) is 6. The quantitative estimate of drug-likeness (QED) is 0.0862. The standard InChI is InChI=1S/C30H20ClF2N3O2.C19H11ClF3N3O3.C11H6ClF2N3O2/c31-24-17-27-26(37-30(32,33)38-27)16-23(24)25-18-35-28(19-34-25)36-29(20-10-4-1-5-11-20,21-12-6-2-7-13-21)22-14-8-3-9-15-22;1-9-3-2-4-12(21)17(9)18(27)26-16-8-24-13(7-25-16)10-5-14-15(6-11(10)20)29-19(22,23)28-14;12-6-2-9-8(18-11(13,14)19-9)1-5(6)7-3-17-10(15)4-16-7/h1-19H,(H,35,36);2-8H,1H3,(H,25,26,27);1-4H,(H2,15,17). The zero-order valence-corrected chi connectivity index (χ0v) is 46.0. The van der Waals surface area contributed by atoms with Gasteiger partial charge in [-0.2, -0.15) is 0 Å². The first-order valence-electron chi connectivity index (χ1n) is 25.1. The minimum absolute atomic E-state index is 0.0739. The predicted octanol–water partition coefficient (Wildman–Crippen LogP) is 15.0. The third-order valence-electron chi connectivity index (χ3n) is 12.9. The molecule has 1 amide bonds. The number of nitrogen functional groups attached to an aromatic ring is 1. The molecule has 3 aliphatic rings. The first-order valence-corrected chi connectivity index (χ1v) is 26.3. The fraction of sp³-hybridized carbons (Fsp3) is 0.0833. The number of carbonyl (C=O) groups is 1. The Bertz CT molecular complexity index is 4040. The van der Waals surface area contributed by atoms with Crippen molar-refractivity contribution >= 4 is 58.2 Å². The van der Waals surface area contributed by atoms with Crippen LogP contribution >= 0.6 is 34.8 Å². The number of rotatable bonds is 10. The van der Waals surface area contributed by atoms with Crippen LogP contribution in [-0.2, 0) is 5.54 Å². The van der Waals surface area contributed by atoms with Crippen LogP contribution < -0.4 is 44.8 Å². The molecular formula is C60H37Cl3F7N9O7. The third kappa shape index (κ3) is 12.3. The van der Waals surface area contributed by atoms with Crippen LogP contribution in [-0.4, -0.2) is 54.7 Å². The van der Waals surface area contributed by atoms with Crippen molar-refractivity contribution in [1.29, 1.82) is 0 Å². The largest absolute Gasteiger partial charge is 0.586 e. The Balaban J connectivity index is 0.000000142. The number of alkyl halides is 6. The summed E-state index contributed by atoms with van der Waals surface area (Å²) in [5.41, 5.74) is 10.2. The Hall–Kier alpha value is -9.97. The number of aromatic nitrogens is 6. The van der Waals surface area contributed by atoms with Crippen LogP contribution in [0.3, 0.4) is 0 Å². The van der Waals surface area contributed by atoms with E-state index < -0.39 is 36.1 Å². The Labute approximate surface area is 497 Å². The molecule has 16 nitrogen and oxygen atoms in total. The lowest BCUT2D eigenvalue weighted by Gasteiger charge is -2.37. The Morgan fingerprint density at radius 1 is 0.465 bits per heavy atom. The average molecular weight is 1240 g/mol. The Morgan fingerprint density at radius 2 is 0.826 bits per heavy atom. The summed E-state index contributed by atoms with van der Waals surface area (Å²) < 4.78 is 120. The topological polar surface area (TPSA) is 200 Å². The van der Waals surface area contributed by atoms with Crippen molar-refractivity contribution in [3.05, 3.63) is 231 Å². The molecule has 86 heavy (non-hydrogen) atoms. The average Bonchev–Trinajstić information content (AvgIpc) is 2.08. The highest BCUT2D eigenvalue weighted by Crippen LogP contribution is 2.49. The second kappa shape index (κ2) is 23.2. The highest BCUT2D eigenvalue weighted by molar-refractivity contribution is 6.34. The summed E-state index contributed by atoms with van der Waals surface area (Å²) in [6, 6.07) is 42.3. The summed E-state index contributed by atoms with van der Waals surface area (Å²) in [5, 5.41) is 6.57. The minimum Gasteiger partial charge on any atom is -0.395 e. The van der Waals surface area contributed by atoms with E-state index in [9.17, 15) is 35.5 Å². The number of amides is 1. The van der Waals surface area contributed by atoms with Gasteiger partial charge in [0.15, 0.2) is 40.3 Å². The summed E-state index contributed by atoms with van der Waals surface area (Å²) in [6.45, 7) is 1.61. The van der Waals surface area contributed by atoms with Gasteiger partial charge in [-0.3, -0.25) is 19.7 Å². The predicted molar refractivity (Wildman–Crippen MR) is 302 cm³/mol. The smallest absolute Gasteiger partial charge is 0.395 e. The van der Waals surface area contributed by atoms with Crippen LogP contribution in [0.5, 0.6) is 34.5 Å². The number of hydrogen-bond acceptors (Lipinski definition) is 15. The van der Waals surface area contributed by atoms with Gasteiger partial charge in [0.2, 0.25) is 0 Å². The molecule has 0 saturated heterocycles. The fourth-order valence-corrected chi connectivity index (χ4v) is 9.87. The highest BCUT2D eigenvalue weighted by atomic mass is 35.5. The number of anilines is 3. The lowest BCUT2D eigenvalue weighted by Crippen LogP contribution is -2.38. The maximum absolute atomic E-state index is 13.9. The van der Waals surface area contributed by atoms with Crippen LogP contribution in [0, 0.1) is 12.7 Å². The van der Waals surface area contributed by atoms with E-state index in [4.69, 9.17) is 40.5 Å². The number of benzene rings is 7. The molecule has 0 spiro atoms. The van der Waals surface area contributed by atoms with E-state index in [-0.39, 0.29) is 78.0 Å². The number of aryl methyl sites for hydroxylation is 1. The van der Waals surface area contributed by atoms with Crippen molar-refractivity contribution in [3.8, 4) is 68.3 Å². The second-order valence-electron chi connectivity index (χ2n) is 18.6. The number of nitrogens with two attached hydrogens (primary N) is 1. The summed E-state index contributed by atoms with van der Waals surface area (Å²) in [6.07, 6.45) is -2.82. The van der Waals surface area contributed by atoms with Crippen molar-refractivity contribution in [2.24, 2.45) is 0 Å². The molecule has 4 N–H and O–H groups in total. The number of hydrogen-bond donors (Lipinski definition) is 3. The van der Waals surface area contributed by atoms with E-state index in [0.29, 0.717) is 33.9 Å². The normalized spacial score (nSPS) is 14.2. The van der Waals surface area contributed by atoms with Gasteiger partial charge in [-0.15, -0.1) is 26.3 Å². The molecule has 0 atom stereocenters. The summed E-state index contributed by atoms with van der Waals surface area (Å²) >= 11 is 18.5. The Kier molecular flexibility index (Phi) is 15.6. The maximum Gasteiger partial charge on any atom is 0.586 e. The molecule has 0 saturated carbocycles. The van der Waals surface area contributed by atoms with Crippen LogP contribution in [0.1, 0.15) is 32.6 Å². The number of nitrogens with one attached hydrogen (secondary N) is 2. The molecule has 7 aromatic carbocycles. The van der Waals surface area contributed by atoms with Crippen molar-refractivity contribution in [2.45, 2.75) is 31.3 Å². The third-order valence-corrected chi connectivity index (χ3v) is 13.8. The second-order valence-corrected chi connectivity index (χ2v) is 19.8. The molecule has 6 heterocycles. The molecule has 3 aromatic heterocycles. The van der Waals surface area contributed by atoms with E-state index in [1.54, 1.807) is 19.2 Å². The van der Waals surface area contributed by atoms with Crippen LogP contribution in [0.15, 0.2) is 183 Å². The molecule has 0 aliphatic carbocycles. The maximum atomic E-state index is 13.9. The van der Waals surface area contributed by atoms with Gasteiger partial charge < -0.3 is 44.8 Å². The first-order chi connectivity index (χ1) is 41.1. The van der Waals surface area contributed by atoms with Crippen molar-refractivity contribution < 1.29 is 63.9 Å². The Morgan fingerprint density at radius 3 is 1.17 bits per heavy atom. The van der Waals surface area contributed by atoms with Gasteiger partial charge in [-0.25, -0.2) is 19.3 Å². The van der Waals surface area contributed by atoms with E-state index in [1.807, 2.05) is 54.6 Å². The van der Waals surface area contributed by atoms with Crippen LogP contribution in [0.25, 0.3) is 33.8 Å². The molecule has 10 aromatic rings. The lowest BCUT2D eigenvalue weighted by atomic mass is 9.77. The minimum atomic E-state index is -3.77. The fourth-order valence-electron chi connectivity index (χ4n) is 9.12. The summed E-state index contributed by atoms with van der Waals surface area (Å²) in [4.78, 5) is 37.5. The molecule has 3 aliphatic heterocycles. The molecule has 0 radical (unpaired) electrons. The van der Waals surface area contributed by atoms with Gasteiger partial charge in [0.1, 0.15) is 23.0 Å². The highest BCUT2D eigenvalue weighted by Gasteiger charge is 2.46. The SMILES string of the molecule is Cc1cccc(F)c1C(=O)Nc1cnc(-c2cc3c(cc2Cl)OC(F)(F)O3)cn1.FC1(F)Oc2cc(Cl)c(-c3cnc(NC(c4ccccc4)(c4ccccc4)c4ccccc4)cn3)cc2O1.Nc1cnc(-c2cc3c(cc2Cl)OC(F)(F)O3)cn1. The van der Waals surface area contributed by atoms with E-state index in [1.165, 1.54) is 79.5 Å². The molecule has 0 fully saturated rings. The van der Waals surface area contributed by atoms with Gasteiger partial charge >= 0.3 is 18.9 Å². The van der Waals surface area contributed by atoms with E-state index in [0.717, 1.165) is 16.7 Å². The van der Waals surface area contributed by atoms with Gasteiger partial charge in [0.05, 0.1) is 74.9 Å². The van der Waals surface area contributed by atoms with E-state index >= 15 is 0 Å². The lowest BCUT2D eigenvalue weighted by molar-refractivity contribution is -0.287. The van der Waals surface area contributed by atoms with Crippen molar-refractivity contribution in [3.63, 3.8) is 0 Å². The molecule has 26 heteroatoms. The number of carbonyl (C=O) groups excluding carboxylic acids is 1. The molecule has 0 unspecified atom stereocenters. The number of ether oxygens (including phenoxy) is 6. The van der Waals surface area contributed by atoms with Crippen molar-refractivity contribution in [2.75, 3.05) is 16.4 Å². The van der Waals surface area contributed by atoms with Gasteiger partial charge in [0.25, 0.3) is 5.91 Å². The summed E-state index contributed by atoms with van der Waals surface area (Å²) in [7, 11) is 0. The van der Waals surface area contributed by atoms with Crippen LogP contribution in [0.4, 0.5) is 48.2 Å². The molecular weight excluding hydrogens is 1200 g/mol. The molecule has 13 rings (SSSR count). The number of halogens is 10. The molecule has 434 valence electrons. The van der Waals surface area contributed by atoms with Gasteiger partial charge in [-0.05, 0) is 53.4 Å². The number of fused-ring (bicyclic) bond motifs is 3. The van der Waals surface area contributed by atoms with Gasteiger partial charge in [0, 0.05) is 34.9 Å². The zero-order chi connectivity index (χ0) is 60.5. The van der Waals surface area contributed by atoms with E-state index in [2.05, 4.69) is 105 Å².